The fraction of sp³-hybridized carbons (Fsp3) is 0.474. The van der Waals surface area contributed by atoms with Crippen molar-refractivity contribution in [1.82, 2.24) is 20.0 Å². The summed E-state index contributed by atoms with van der Waals surface area (Å²) in [5.74, 6) is 0.0207. The summed E-state index contributed by atoms with van der Waals surface area (Å²) in [5, 5.41) is 7.77. The molecule has 0 atom stereocenters. The van der Waals surface area contributed by atoms with Crippen molar-refractivity contribution in [1.29, 1.82) is 0 Å². The second-order valence-corrected chi connectivity index (χ2v) is 6.39. The number of amides is 1. The first kappa shape index (κ1) is 16.7. The van der Waals surface area contributed by atoms with Gasteiger partial charge in [-0.25, -0.2) is 4.68 Å². The number of likely N-dealkylation sites (N-methyl/N-ethyl adjacent to an activating group) is 2. The molecule has 1 aromatic carbocycles. The van der Waals surface area contributed by atoms with Crippen molar-refractivity contribution in [3.8, 4) is 5.69 Å². The maximum Gasteiger partial charge on any atom is 0.274 e. The summed E-state index contributed by atoms with van der Waals surface area (Å²) in [5.41, 5.74) is 5.31. The summed E-state index contributed by atoms with van der Waals surface area (Å²) in [4.78, 5) is 14.5. The molecule has 1 aromatic heterocycles. The van der Waals surface area contributed by atoms with Crippen molar-refractivity contribution in [3.05, 3.63) is 46.8 Å². The highest BCUT2D eigenvalue weighted by atomic mass is 16.2. The van der Waals surface area contributed by atoms with Gasteiger partial charge < -0.3 is 10.2 Å². The molecule has 5 heteroatoms. The minimum atomic E-state index is 0.0207. The molecule has 3 rings (SSSR count). The third kappa shape index (κ3) is 3.08. The Bertz CT molecular complexity index is 718. The van der Waals surface area contributed by atoms with Gasteiger partial charge in [-0.2, -0.15) is 5.10 Å². The lowest BCUT2D eigenvalue weighted by molar-refractivity contribution is 0.0789. The minimum absolute atomic E-state index is 0.0207. The fourth-order valence-corrected chi connectivity index (χ4v) is 3.26. The van der Waals surface area contributed by atoms with Gasteiger partial charge in [-0.1, -0.05) is 19.1 Å². The lowest BCUT2D eigenvalue weighted by atomic mass is 10.1. The lowest BCUT2D eigenvalue weighted by Crippen LogP contribution is -2.33. The minimum Gasteiger partial charge on any atom is -0.339 e. The van der Waals surface area contributed by atoms with E-state index in [1.165, 1.54) is 11.3 Å². The van der Waals surface area contributed by atoms with E-state index >= 15 is 0 Å². The van der Waals surface area contributed by atoms with E-state index in [-0.39, 0.29) is 5.91 Å². The van der Waals surface area contributed by atoms with E-state index in [9.17, 15) is 4.79 Å². The number of rotatable bonds is 6. The van der Waals surface area contributed by atoms with E-state index < -0.39 is 0 Å². The van der Waals surface area contributed by atoms with Crippen LogP contribution in [0.2, 0.25) is 0 Å². The Morgan fingerprint density at radius 2 is 2.04 bits per heavy atom. The van der Waals surface area contributed by atoms with Crippen LogP contribution in [0.5, 0.6) is 0 Å². The summed E-state index contributed by atoms with van der Waals surface area (Å²) in [6.07, 6.45) is 4.06. The zero-order valence-electron chi connectivity index (χ0n) is 14.8. The van der Waals surface area contributed by atoms with Crippen LogP contribution in [0.3, 0.4) is 0 Å². The average Bonchev–Trinajstić information content (AvgIpc) is 3.21. The number of hydrogen-bond acceptors (Lipinski definition) is 3. The molecule has 0 saturated heterocycles. The molecule has 1 amide bonds. The van der Waals surface area contributed by atoms with Crippen molar-refractivity contribution in [2.24, 2.45) is 0 Å². The van der Waals surface area contributed by atoms with Crippen LogP contribution >= 0.6 is 0 Å². The molecule has 0 bridgehead atoms. The van der Waals surface area contributed by atoms with Gasteiger partial charge in [-0.05, 0) is 50.4 Å². The first-order valence-electron chi connectivity index (χ1n) is 8.75. The summed E-state index contributed by atoms with van der Waals surface area (Å²) in [6.45, 7) is 3.62. The molecular weight excluding hydrogens is 300 g/mol. The summed E-state index contributed by atoms with van der Waals surface area (Å²) >= 11 is 0. The number of carbonyl (C=O) groups is 1. The van der Waals surface area contributed by atoms with Crippen LogP contribution in [0, 0.1) is 0 Å². The normalized spacial score (nSPS) is 13.1. The van der Waals surface area contributed by atoms with Gasteiger partial charge in [0.15, 0.2) is 5.69 Å². The van der Waals surface area contributed by atoms with Gasteiger partial charge in [0.25, 0.3) is 5.91 Å². The predicted octanol–water partition coefficient (Wildman–Crippen LogP) is 2.21. The van der Waals surface area contributed by atoms with Crippen LogP contribution in [-0.4, -0.2) is 47.8 Å². The van der Waals surface area contributed by atoms with E-state index in [1.54, 1.807) is 4.90 Å². The molecule has 128 valence electrons. The molecule has 1 N–H and O–H groups in total. The van der Waals surface area contributed by atoms with E-state index in [2.05, 4.69) is 36.5 Å². The van der Waals surface area contributed by atoms with Crippen molar-refractivity contribution in [3.63, 3.8) is 0 Å². The van der Waals surface area contributed by atoms with Crippen molar-refractivity contribution >= 4 is 5.91 Å². The first-order chi connectivity index (χ1) is 11.7. The second-order valence-electron chi connectivity index (χ2n) is 6.39. The number of carbonyl (C=O) groups excluding carboxylic acids is 1. The predicted molar refractivity (Wildman–Crippen MR) is 95.9 cm³/mol. The molecule has 1 aliphatic carbocycles. The monoisotopic (exact) mass is 326 g/mol. The Kier molecular flexibility index (Phi) is 5.00. The Morgan fingerprint density at radius 3 is 2.71 bits per heavy atom. The maximum absolute atomic E-state index is 12.8. The van der Waals surface area contributed by atoms with Crippen LogP contribution in [0.1, 0.15) is 40.7 Å². The SMILES string of the molecule is CCc1ccc(-n2nc(C(=O)N(C)CCNC)c3c2CCC3)cc1. The molecule has 5 nitrogen and oxygen atoms in total. The third-order valence-electron chi connectivity index (χ3n) is 4.77. The van der Waals surface area contributed by atoms with Gasteiger partial charge in [0, 0.05) is 31.4 Å². The van der Waals surface area contributed by atoms with Crippen LogP contribution in [0.4, 0.5) is 0 Å². The number of benzene rings is 1. The molecule has 0 saturated carbocycles. The Balaban J connectivity index is 1.93. The van der Waals surface area contributed by atoms with Crippen LogP contribution in [0.15, 0.2) is 24.3 Å². The van der Waals surface area contributed by atoms with E-state index in [4.69, 9.17) is 5.10 Å². The molecule has 0 aliphatic heterocycles. The Morgan fingerprint density at radius 1 is 1.29 bits per heavy atom. The molecule has 2 aromatic rings. The maximum atomic E-state index is 12.8. The number of nitrogens with zero attached hydrogens (tertiary/aromatic N) is 3. The summed E-state index contributed by atoms with van der Waals surface area (Å²) < 4.78 is 1.97. The average molecular weight is 326 g/mol. The molecule has 0 radical (unpaired) electrons. The van der Waals surface area contributed by atoms with E-state index in [1.807, 2.05) is 18.8 Å². The van der Waals surface area contributed by atoms with Gasteiger partial charge in [-0.15, -0.1) is 0 Å². The highest BCUT2D eigenvalue weighted by molar-refractivity contribution is 5.94. The van der Waals surface area contributed by atoms with Gasteiger partial charge >= 0.3 is 0 Å². The van der Waals surface area contributed by atoms with Gasteiger partial charge in [0.1, 0.15) is 0 Å². The van der Waals surface area contributed by atoms with Crippen molar-refractivity contribution in [2.75, 3.05) is 27.2 Å². The van der Waals surface area contributed by atoms with Gasteiger partial charge in [-0.3, -0.25) is 4.79 Å². The highest BCUT2D eigenvalue weighted by Gasteiger charge is 2.28. The van der Waals surface area contributed by atoms with Crippen molar-refractivity contribution < 1.29 is 4.79 Å². The summed E-state index contributed by atoms with van der Waals surface area (Å²) in [7, 11) is 3.74. The molecule has 0 fully saturated rings. The standard InChI is InChI=1S/C19H26N4O/c1-4-14-8-10-15(11-9-14)23-17-7-5-6-16(17)18(21-23)19(24)22(3)13-12-20-2/h8-11,20H,4-7,12-13H2,1-3H3. The molecule has 0 unspecified atom stereocenters. The number of hydrogen-bond donors (Lipinski definition) is 1. The van der Waals surface area contributed by atoms with Crippen LogP contribution < -0.4 is 5.32 Å². The van der Waals surface area contributed by atoms with Gasteiger partial charge in [0.2, 0.25) is 0 Å². The number of nitrogens with one attached hydrogen (secondary N) is 1. The number of fused-ring (bicyclic) bond motifs is 1. The largest absolute Gasteiger partial charge is 0.339 e. The third-order valence-corrected chi connectivity index (χ3v) is 4.77. The lowest BCUT2D eigenvalue weighted by Gasteiger charge is -2.16. The van der Waals surface area contributed by atoms with Crippen molar-refractivity contribution in [2.45, 2.75) is 32.6 Å². The van der Waals surface area contributed by atoms with E-state index in [0.717, 1.165) is 43.5 Å². The number of aryl methyl sites for hydroxylation is 1. The smallest absolute Gasteiger partial charge is 0.274 e. The number of aromatic nitrogens is 2. The molecule has 1 heterocycles. The zero-order chi connectivity index (χ0) is 17.1. The quantitative estimate of drug-likeness (QED) is 0.885. The molecule has 0 spiro atoms. The Labute approximate surface area is 143 Å². The Hall–Kier alpha value is -2.14. The molecule has 1 aliphatic rings. The van der Waals surface area contributed by atoms with Crippen LogP contribution in [-0.2, 0) is 19.3 Å². The molecule has 24 heavy (non-hydrogen) atoms. The molecular formula is C19H26N4O. The van der Waals surface area contributed by atoms with Crippen LogP contribution in [0.25, 0.3) is 5.69 Å². The topological polar surface area (TPSA) is 50.2 Å². The first-order valence-corrected chi connectivity index (χ1v) is 8.75. The summed E-state index contributed by atoms with van der Waals surface area (Å²) in [6, 6.07) is 8.48. The van der Waals surface area contributed by atoms with E-state index in [0.29, 0.717) is 12.2 Å². The second kappa shape index (κ2) is 7.18. The van der Waals surface area contributed by atoms with Gasteiger partial charge in [0.05, 0.1) is 5.69 Å². The fourth-order valence-electron chi connectivity index (χ4n) is 3.26. The highest BCUT2D eigenvalue weighted by Crippen LogP contribution is 2.28. The zero-order valence-corrected chi connectivity index (χ0v) is 14.8.